The Labute approximate surface area is 133 Å². The van der Waals surface area contributed by atoms with Gasteiger partial charge >= 0.3 is 0 Å². The van der Waals surface area contributed by atoms with Gasteiger partial charge in [-0.15, -0.1) is 11.3 Å². The summed E-state index contributed by atoms with van der Waals surface area (Å²) in [7, 11) is 0. The molecule has 0 spiro atoms. The molecule has 3 rings (SSSR count). The molecule has 6 nitrogen and oxygen atoms in total. The van der Waals surface area contributed by atoms with E-state index in [0.717, 1.165) is 37.4 Å². The highest BCUT2D eigenvalue weighted by Gasteiger charge is 2.26. The van der Waals surface area contributed by atoms with E-state index in [-0.39, 0.29) is 5.91 Å². The molecule has 0 N–H and O–H groups in total. The maximum absolute atomic E-state index is 12.4. The van der Waals surface area contributed by atoms with E-state index in [1.807, 2.05) is 23.4 Å². The molecule has 1 saturated heterocycles. The van der Waals surface area contributed by atoms with E-state index in [1.165, 1.54) is 0 Å². The lowest BCUT2D eigenvalue weighted by Crippen LogP contribution is -2.39. The molecule has 0 saturated carbocycles. The van der Waals surface area contributed by atoms with Gasteiger partial charge < -0.3 is 9.42 Å². The number of carbonyl (C=O) groups excluding carboxylic acids is 1. The zero-order valence-corrected chi connectivity index (χ0v) is 13.5. The van der Waals surface area contributed by atoms with Gasteiger partial charge in [0.1, 0.15) is 0 Å². The van der Waals surface area contributed by atoms with Crippen LogP contribution in [0, 0.1) is 0 Å². The molecule has 1 fully saturated rings. The SMILES string of the molecule is CCc1noc(CCC(=O)N2CCC[C@H](c3nccs3)C2)n1. The van der Waals surface area contributed by atoms with Crippen LogP contribution in [0.4, 0.5) is 0 Å². The first-order chi connectivity index (χ1) is 10.8. The number of piperidine rings is 1. The molecule has 0 aliphatic carbocycles. The predicted molar refractivity (Wildman–Crippen MR) is 82.7 cm³/mol. The second-order valence-electron chi connectivity index (χ2n) is 5.51. The summed E-state index contributed by atoms with van der Waals surface area (Å²) in [4.78, 5) is 23.0. The molecule has 0 radical (unpaired) electrons. The van der Waals surface area contributed by atoms with Crippen LogP contribution < -0.4 is 0 Å². The van der Waals surface area contributed by atoms with E-state index in [0.29, 0.717) is 30.5 Å². The van der Waals surface area contributed by atoms with Crippen molar-refractivity contribution < 1.29 is 9.32 Å². The lowest BCUT2D eigenvalue weighted by atomic mass is 9.98. The topological polar surface area (TPSA) is 72.1 Å². The van der Waals surface area contributed by atoms with Crippen LogP contribution in [0.3, 0.4) is 0 Å². The summed E-state index contributed by atoms with van der Waals surface area (Å²) in [6.45, 7) is 3.59. The van der Waals surface area contributed by atoms with Crippen molar-refractivity contribution >= 4 is 17.2 Å². The van der Waals surface area contributed by atoms with Gasteiger partial charge in [0, 0.05) is 49.8 Å². The van der Waals surface area contributed by atoms with Crippen molar-refractivity contribution in [2.45, 2.75) is 44.9 Å². The van der Waals surface area contributed by atoms with Crippen molar-refractivity contribution in [1.82, 2.24) is 20.0 Å². The number of hydrogen-bond donors (Lipinski definition) is 0. The highest BCUT2D eigenvalue weighted by Crippen LogP contribution is 2.28. The van der Waals surface area contributed by atoms with Gasteiger partial charge in [0.2, 0.25) is 11.8 Å². The zero-order valence-electron chi connectivity index (χ0n) is 12.7. The van der Waals surface area contributed by atoms with E-state index >= 15 is 0 Å². The van der Waals surface area contributed by atoms with E-state index in [1.54, 1.807) is 11.3 Å². The molecule has 0 aromatic carbocycles. The van der Waals surface area contributed by atoms with Gasteiger partial charge in [-0.2, -0.15) is 4.98 Å². The van der Waals surface area contributed by atoms with E-state index in [9.17, 15) is 4.79 Å². The summed E-state index contributed by atoms with van der Waals surface area (Å²) in [5, 5.41) is 6.99. The van der Waals surface area contributed by atoms with Crippen LogP contribution in [0.2, 0.25) is 0 Å². The number of carbonyl (C=O) groups is 1. The number of aromatic nitrogens is 3. The normalized spacial score (nSPS) is 18.6. The molecular weight excluding hydrogens is 300 g/mol. The molecule has 1 amide bonds. The number of thiazole rings is 1. The van der Waals surface area contributed by atoms with Crippen LogP contribution in [0.1, 0.15) is 48.8 Å². The fourth-order valence-corrected chi connectivity index (χ4v) is 3.52. The van der Waals surface area contributed by atoms with Gasteiger partial charge in [0.15, 0.2) is 5.82 Å². The molecule has 22 heavy (non-hydrogen) atoms. The Morgan fingerprint density at radius 2 is 2.45 bits per heavy atom. The second kappa shape index (κ2) is 7.00. The number of nitrogens with zero attached hydrogens (tertiary/aromatic N) is 4. The van der Waals surface area contributed by atoms with Crippen molar-refractivity contribution in [3.8, 4) is 0 Å². The fraction of sp³-hybridized carbons (Fsp3) is 0.600. The van der Waals surface area contributed by atoms with Gasteiger partial charge in [-0.05, 0) is 12.8 Å². The summed E-state index contributed by atoms with van der Waals surface area (Å²) in [6.07, 6.45) is 5.68. The first-order valence-corrected chi connectivity index (χ1v) is 8.63. The molecule has 1 aliphatic rings. The number of hydrogen-bond acceptors (Lipinski definition) is 6. The van der Waals surface area contributed by atoms with Gasteiger partial charge in [-0.3, -0.25) is 4.79 Å². The second-order valence-corrected chi connectivity index (χ2v) is 6.43. The van der Waals surface area contributed by atoms with Gasteiger partial charge in [-0.25, -0.2) is 4.98 Å². The smallest absolute Gasteiger partial charge is 0.227 e. The van der Waals surface area contributed by atoms with Crippen LogP contribution in [0.15, 0.2) is 16.1 Å². The molecule has 0 bridgehead atoms. The minimum Gasteiger partial charge on any atom is -0.342 e. The first-order valence-electron chi connectivity index (χ1n) is 7.75. The van der Waals surface area contributed by atoms with Crippen molar-refractivity contribution in [1.29, 1.82) is 0 Å². The fourth-order valence-electron chi connectivity index (χ4n) is 2.75. The van der Waals surface area contributed by atoms with E-state index in [2.05, 4.69) is 15.1 Å². The molecule has 1 atom stereocenters. The van der Waals surface area contributed by atoms with E-state index in [4.69, 9.17) is 4.52 Å². The standard InChI is InChI=1S/C15H20N4O2S/c1-2-12-17-13(21-18-12)5-6-14(20)19-8-3-4-11(10-19)15-16-7-9-22-15/h7,9,11H,2-6,8,10H2,1H3/t11-/m0/s1. The van der Waals surface area contributed by atoms with Crippen molar-refractivity contribution in [3.63, 3.8) is 0 Å². The van der Waals surface area contributed by atoms with Crippen LogP contribution in [0.5, 0.6) is 0 Å². The molecule has 3 heterocycles. The number of amides is 1. The maximum atomic E-state index is 12.4. The average molecular weight is 320 g/mol. The Bertz CT molecular complexity index is 611. The lowest BCUT2D eigenvalue weighted by Gasteiger charge is -2.31. The lowest BCUT2D eigenvalue weighted by molar-refractivity contribution is -0.132. The molecular formula is C15H20N4O2S. The summed E-state index contributed by atoms with van der Waals surface area (Å²) in [5.41, 5.74) is 0. The largest absolute Gasteiger partial charge is 0.342 e. The first kappa shape index (κ1) is 15.1. The zero-order chi connectivity index (χ0) is 15.4. The quantitative estimate of drug-likeness (QED) is 0.846. The van der Waals surface area contributed by atoms with Crippen molar-refractivity contribution in [2.24, 2.45) is 0 Å². The highest BCUT2D eigenvalue weighted by atomic mass is 32.1. The number of aryl methyl sites for hydroxylation is 2. The monoisotopic (exact) mass is 320 g/mol. The maximum Gasteiger partial charge on any atom is 0.227 e. The third kappa shape index (κ3) is 3.52. The molecule has 1 aliphatic heterocycles. The molecule has 7 heteroatoms. The summed E-state index contributed by atoms with van der Waals surface area (Å²) in [5.74, 6) is 1.80. The minimum absolute atomic E-state index is 0.164. The van der Waals surface area contributed by atoms with Gasteiger partial charge in [0.05, 0.1) is 5.01 Å². The number of likely N-dealkylation sites (tertiary alicyclic amines) is 1. The molecule has 118 valence electrons. The summed E-state index contributed by atoms with van der Waals surface area (Å²) < 4.78 is 5.13. The van der Waals surface area contributed by atoms with Crippen molar-refractivity contribution in [2.75, 3.05) is 13.1 Å². The summed E-state index contributed by atoms with van der Waals surface area (Å²) >= 11 is 1.68. The molecule has 2 aromatic rings. The van der Waals surface area contributed by atoms with Gasteiger partial charge in [-0.1, -0.05) is 12.1 Å². The average Bonchev–Trinajstić information content (AvgIpc) is 3.24. The van der Waals surface area contributed by atoms with Crippen LogP contribution >= 0.6 is 11.3 Å². The van der Waals surface area contributed by atoms with Crippen LogP contribution in [0.25, 0.3) is 0 Å². The summed E-state index contributed by atoms with van der Waals surface area (Å²) in [6, 6.07) is 0. The van der Waals surface area contributed by atoms with Crippen molar-refractivity contribution in [3.05, 3.63) is 28.3 Å². The molecule has 2 aromatic heterocycles. The Morgan fingerprint density at radius 3 is 3.18 bits per heavy atom. The Kier molecular flexibility index (Phi) is 4.82. The van der Waals surface area contributed by atoms with E-state index < -0.39 is 0 Å². The Morgan fingerprint density at radius 1 is 1.55 bits per heavy atom. The third-order valence-corrected chi connectivity index (χ3v) is 4.89. The highest BCUT2D eigenvalue weighted by molar-refractivity contribution is 7.09. The van der Waals surface area contributed by atoms with Gasteiger partial charge in [0.25, 0.3) is 0 Å². The van der Waals surface area contributed by atoms with Crippen LogP contribution in [-0.4, -0.2) is 39.0 Å². The number of rotatable bonds is 5. The van der Waals surface area contributed by atoms with Crippen LogP contribution in [-0.2, 0) is 17.6 Å². The predicted octanol–water partition coefficient (Wildman–Crippen LogP) is 2.43. The minimum atomic E-state index is 0.164. The Hall–Kier alpha value is -1.76. The Balaban J connectivity index is 1.53. The third-order valence-electron chi connectivity index (χ3n) is 3.95. The molecule has 0 unspecified atom stereocenters.